The highest BCUT2D eigenvalue weighted by molar-refractivity contribution is 7.92. The topological polar surface area (TPSA) is 75.7 Å². The zero-order valence-corrected chi connectivity index (χ0v) is 19.2. The SMILES string of the molecule is CC(C)Oc1ccc(NC(=O)c2cc(S(=O)(=O)N(C)c3ccc(F)cc3)ccc2Cl)cc1. The average Bonchev–Trinajstić information content (AvgIpc) is 2.75. The third-order valence-corrected chi connectivity index (χ3v) is 6.63. The Morgan fingerprint density at radius 3 is 2.25 bits per heavy atom. The van der Waals surface area contributed by atoms with Crippen LogP contribution >= 0.6 is 11.6 Å². The van der Waals surface area contributed by atoms with E-state index in [1.54, 1.807) is 24.3 Å². The fourth-order valence-corrected chi connectivity index (χ4v) is 4.30. The lowest BCUT2D eigenvalue weighted by Crippen LogP contribution is -2.27. The lowest BCUT2D eigenvalue weighted by atomic mass is 10.2. The van der Waals surface area contributed by atoms with Gasteiger partial charge < -0.3 is 10.1 Å². The van der Waals surface area contributed by atoms with E-state index in [0.717, 1.165) is 4.31 Å². The Balaban J connectivity index is 1.84. The zero-order chi connectivity index (χ0) is 23.5. The third kappa shape index (κ3) is 5.38. The molecule has 32 heavy (non-hydrogen) atoms. The first kappa shape index (κ1) is 23.6. The maximum absolute atomic E-state index is 13.2. The quantitative estimate of drug-likeness (QED) is 0.499. The van der Waals surface area contributed by atoms with Gasteiger partial charge in [0.05, 0.1) is 27.3 Å². The first-order valence-corrected chi connectivity index (χ1v) is 11.5. The van der Waals surface area contributed by atoms with Crippen LogP contribution in [0.3, 0.4) is 0 Å². The number of anilines is 2. The summed E-state index contributed by atoms with van der Waals surface area (Å²) >= 11 is 6.17. The van der Waals surface area contributed by atoms with Crippen LogP contribution in [-0.4, -0.2) is 27.5 Å². The van der Waals surface area contributed by atoms with Gasteiger partial charge in [0, 0.05) is 12.7 Å². The number of sulfonamides is 1. The number of rotatable bonds is 7. The molecule has 0 atom stereocenters. The Morgan fingerprint density at radius 2 is 1.66 bits per heavy atom. The number of carbonyl (C=O) groups excluding carboxylic acids is 1. The molecular formula is C23H22ClFN2O4S. The van der Waals surface area contributed by atoms with Gasteiger partial charge in [-0.3, -0.25) is 9.10 Å². The van der Waals surface area contributed by atoms with Crippen molar-refractivity contribution in [2.45, 2.75) is 24.8 Å². The van der Waals surface area contributed by atoms with Crippen molar-refractivity contribution in [2.24, 2.45) is 0 Å². The van der Waals surface area contributed by atoms with E-state index in [0.29, 0.717) is 11.4 Å². The van der Waals surface area contributed by atoms with E-state index in [4.69, 9.17) is 16.3 Å². The minimum absolute atomic E-state index is 0.00255. The van der Waals surface area contributed by atoms with E-state index in [2.05, 4.69) is 5.32 Å². The van der Waals surface area contributed by atoms with Gasteiger partial charge >= 0.3 is 0 Å². The van der Waals surface area contributed by atoms with Gasteiger partial charge in [-0.2, -0.15) is 0 Å². The van der Waals surface area contributed by atoms with E-state index >= 15 is 0 Å². The molecule has 6 nitrogen and oxygen atoms in total. The van der Waals surface area contributed by atoms with Crippen molar-refractivity contribution in [3.8, 4) is 5.75 Å². The lowest BCUT2D eigenvalue weighted by Gasteiger charge is -2.20. The Kier molecular flexibility index (Phi) is 7.06. The number of hydrogen-bond acceptors (Lipinski definition) is 4. The molecule has 0 aromatic heterocycles. The molecule has 1 amide bonds. The molecule has 9 heteroatoms. The van der Waals surface area contributed by atoms with Crippen molar-refractivity contribution in [1.29, 1.82) is 0 Å². The number of halogens is 2. The number of hydrogen-bond donors (Lipinski definition) is 1. The number of amides is 1. The van der Waals surface area contributed by atoms with Crippen LogP contribution in [0, 0.1) is 5.82 Å². The van der Waals surface area contributed by atoms with E-state index < -0.39 is 21.7 Å². The van der Waals surface area contributed by atoms with Crippen molar-refractivity contribution in [2.75, 3.05) is 16.7 Å². The van der Waals surface area contributed by atoms with Gasteiger partial charge in [-0.25, -0.2) is 12.8 Å². The monoisotopic (exact) mass is 476 g/mol. The van der Waals surface area contributed by atoms with Gasteiger partial charge in [-0.1, -0.05) is 11.6 Å². The maximum Gasteiger partial charge on any atom is 0.264 e. The summed E-state index contributed by atoms with van der Waals surface area (Å²) in [5.74, 6) is -0.379. The number of carbonyl (C=O) groups is 1. The van der Waals surface area contributed by atoms with Crippen LogP contribution in [-0.2, 0) is 10.0 Å². The number of benzene rings is 3. The summed E-state index contributed by atoms with van der Waals surface area (Å²) in [4.78, 5) is 12.7. The van der Waals surface area contributed by atoms with Crippen molar-refractivity contribution in [1.82, 2.24) is 0 Å². The molecule has 0 bridgehead atoms. The van der Waals surface area contributed by atoms with Crippen LogP contribution in [0.25, 0.3) is 0 Å². The molecular weight excluding hydrogens is 455 g/mol. The van der Waals surface area contributed by atoms with E-state index in [9.17, 15) is 17.6 Å². The van der Waals surface area contributed by atoms with Gasteiger partial charge in [0.15, 0.2) is 0 Å². The van der Waals surface area contributed by atoms with Crippen LogP contribution in [0.5, 0.6) is 5.75 Å². The second-order valence-electron chi connectivity index (χ2n) is 7.24. The third-order valence-electron chi connectivity index (χ3n) is 4.52. The van der Waals surface area contributed by atoms with Gasteiger partial charge in [-0.15, -0.1) is 0 Å². The normalized spacial score (nSPS) is 11.3. The Labute approximate surface area is 191 Å². The number of ether oxygens (including phenoxy) is 1. The molecule has 0 aliphatic carbocycles. The highest BCUT2D eigenvalue weighted by Crippen LogP contribution is 2.27. The summed E-state index contributed by atoms with van der Waals surface area (Å²) in [6.07, 6.45) is 0.0203. The van der Waals surface area contributed by atoms with Crippen LogP contribution in [0.1, 0.15) is 24.2 Å². The molecule has 0 saturated heterocycles. The summed E-state index contributed by atoms with van der Waals surface area (Å²) in [5, 5.41) is 2.80. The van der Waals surface area contributed by atoms with Crippen molar-refractivity contribution in [3.63, 3.8) is 0 Å². The van der Waals surface area contributed by atoms with E-state index in [1.807, 2.05) is 13.8 Å². The zero-order valence-electron chi connectivity index (χ0n) is 17.7. The van der Waals surface area contributed by atoms with Gasteiger partial charge in [0.2, 0.25) is 0 Å². The summed E-state index contributed by atoms with van der Waals surface area (Å²) in [7, 11) is -2.67. The first-order chi connectivity index (χ1) is 15.1. The molecule has 3 rings (SSSR count). The molecule has 0 aliphatic rings. The Bertz CT molecular complexity index is 1210. The number of nitrogens with one attached hydrogen (secondary N) is 1. The molecule has 1 N–H and O–H groups in total. The van der Waals surface area contributed by atoms with E-state index in [1.165, 1.54) is 49.5 Å². The lowest BCUT2D eigenvalue weighted by molar-refractivity contribution is 0.102. The Hall–Kier alpha value is -3.10. The predicted octanol–water partition coefficient (Wildman–Crippen LogP) is 5.34. The standard InChI is InChI=1S/C23H22ClFN2O4S/c1-15(2)31-19-10-6-17(7-11-19)26-23(28)21-14-20(12-13-22(21)24)32(29,30)27(3)18-8-4-16(25)5-9-18/h4-15H,1-3H3,(H,26,28). The molecule has 0 spiro atoms. The largest absolute Gasteiger partial charge is 0.491 e. The minimum atomic E-state index is -4.01. The molecule has 0 unspecified atom stereocenters. The van der Waals surface area contributed by atoms with Crippen LogP contribution < -0.4 is 14.4 Å². The smallest absolute Gasteiger partial charge is 0.264 e. The molecule has 0 radical (unpaired) electrons. The highest BCUT2D eigenvalue weighted by atomic mass is 35.5. The predicted molar refractivity (Wildman–Crippen MR) is 124 cm³/mol. The van der Waals surface area contributed by atoms with Crippen LogP contribution in [0.15, 0.2) is 71.6 Å². The van der Waals surface area contributed by atoms with Crippen LogP contribution in [0.4, 0.5) is 15.8 Å². The fraction of sp³-hybridized carbons (Fsp3) is 0.174. The van der Waals surface area contributed by atoms with Gasteiger partial charge in [-0.05, 0) is 80.6 Å². The summed E-state index contributed by atoms with van der Waals surface area (Å²) in [6, 6.07) is 15.7. The summed E-state index contributed by atoms with van der Waals surface area (Å²) in [5.41, 5.74) is 0.776. The minimum Gasteiger partial charge on any atom is -0.491 e. The molecule has 0 saturated carbocycles. The summed E-state index contributed by atoms with van der Waals surface area (Å²) in [6.45, 7) is 3.82. The van der Waals surface area contributed by atoms with Gasteiger partial charge in [0.1, 0.15) is 11.6 Å². The fourth-order valence-electron chi connectivity index (χ4n) is 2.87. The molecule has 0 heterocycles. The second-order valence-corrected chi connectivity index (χ2v) is 9.61. The van der Waals surface area contributed by atoms with Crippen molar-refractivity contribution >= 4 is 38.9 Å². The van der Waals surface area contributed by atoms with Crippen LogP contribution in [0.2, 0.25) is 5.02 Å². The summed E-state index contributed by atoms with van der Waals surface area (Å²) < 4.78 is 45.8. The van der Waals surface area contributed by atoms with Gasteiger partial charge in [0.25, 0.3) is 15.9 Å². The van der Waals surface area contributed by atoms with Crippen molar-refractivity contribution in [3.05, 3.63) is 83.1 Å². The number of nitrogens with zero attached hydrogens (tertiary/aromatic N) is 1. The second kappa shape index (κ2) is 9.58. The molecule has 0 fully saturated rings. The van der Waals surface area contributed by atoms with Crippen molar-refractivity contribution < 1.29 is 22.3 Å². The highest BCUT2D eigenvalue weighted by Gasteiger charge is 2.24. The molecule has 3 aromatic rings. The first-order valence-electron chi connectivity index (χ1n) is 9.70. The molecule has 0 aliphatic heterocycles. The Morgan fingerprint density at radius 1 is 1.03 bits per heavy atom. The van der Waals surface area contributed by atoms with E-state index in [-0.39, 0.29) is 27.3 Å². The molecule has 3 aromatic carbocycles. The maximum atomic E-state index is 13.2. The average molecular weight is 477 g/mol. The molecule has 168 valence electrons.